The molecule has 1 aliphatic carbocycles. The zero-order valence-corrected chi connectivity index (χ0v) is 16.6. The van der Waals surface area contributed by atoms with Crippen LogP contribution in [-0.2, 0) is 4.79 Å². The molecule has 0 aliphatic heterocycles. The van der Waals surface area contributed by atoms with Crippen LogP contribution in [0.4, 0.5) is 0 Å². The van der Waals surface area contributed by atoms with Gasteiger partial charge in [-0.1, -0.05) is 64.2 Å². The predicted molar refractivity (Wildman–Crippen MR) is 104 cm³/mol. The maximum Gasteiger partial charge on any atom is 0.129 e. The Labute approximate surface area is 144 Å². The van der Waals surface area contributed by atoms with Crippen molar-refractivity contribution in [3.63, 3.8) is 0 Å². The first-order chi connectivity index (χ1) is 10.8. The van der Waals surface area contributed by atoms with Gasteiger partial charge < -0.3 is 4.79 Å². The van der Waals surface area contributed by atoms with Gasteiger partial charge in [-0.3, -0.25) is 0 Å². The summed E-state index contributed by atoms with van der Waals surface area (Å²) >= 11 is 0. The van der Waals surface area contributed by atoms with Crippen molar-refractivity contribution in [1.82, 2.24) is 0 Å². The molecular formula is C21H34OSi. The zero-order chi connectivity index (χ0) is 17.3. The van der Waals surface area contributed by atoms with Gasteiger partial charge in [0, 0.05) is 12.8 Å². The molecule has 0 N–H and O–H groups in total. The number of hydrogen-bond acceptors (Lipinski definition) is 1. The molecule has 0 bridgehead atoms. The van der Waals surface area contributed by atoms with E-state index in [0.717, 1.165) is 43.3 Å². The standard InChI is InChI=1S/C21H34OSi/c1-18(12-10-16-23(3,4)5)11-6-7-14-20-17-21(20)19(2)13-8-9-15-22/h6-7,11,14-15,18-21H,8-9,12-13,17H2,1-5H3/b11-6+,14-7+/t18-,19-,20+,21+/m0/s1. The van der Waals surface area contributed by atoms with Gasteiger partial charge in [0.2, 0.25) is 0 Å². The molecule has 128 valence electrons. The number of hydrogen-bond donors (Lipinski definition) is 0. The Bertz CT molecular complexity index is 472. The molecular weight excluding hydrogens is 296 g/mol. The molecule has 0 unspecified atom stereocenters. The van der Waals surface area contributed by atoms with Gasteiger partial charge in [-0.25, -0.2) is 0 Å². The van der Waals surface area contributed by atoms with Crippen molar-refractivity contribution >= 4 is 14.4 Å². The van der Waals surface area contributed by atoms with Crippen LogP contribution in [0.2, 0.25) is 19.6 Å². The van der Waals surface area contributed by atoms with E-state index < -0.39 is 8.07 Å². The van der Waals surface area contributed by atoms with Gasteiger partial charge >= 0.3 is 0 Å². The summed E-state index contributed by atoms with van der Waals surface area (Å²) in [4.78, 5) is 10.4. The van der Waals surface area contributed by atoms with Crippen LogP contribution in [0.15, 0.2) is 24.3 Å². The van der Waals surface area contributed by atoms with Crippen LogP contribution in [0.25, 0.3) is 0 Å². The summed E-state index contributed by atoms with van der Waals surface area (Å²) in [6.45, 7) is 11.4. The topological polar surface area (TPSA) is 17.1 Å². The van der Waals surface area contributed by atoms with Crippen molar-refractivity contribution in [2.75, 3.05) is 0 Å². The number of allylic oxidation sites excluding steroid dienone is 4. The minimum absolute atomic E-state index is 0.528. The molecule has 0 radical (unpaired) electrons. The van der Waals surface area contributed by atoms with Gasteiger partial charge in [0.05, 0.1) is 0 Å². The Kier molecular flexibility index (Phi) is 8.62. The van der Waals surface area contributed by atoms with E-state index in [0.29, 0.717) is 5.92 Å². The van der Waals surface area contributed by atoms with Crippen molar-refractivity contribution in [3.05, 3.63) is 24.3 Å². The Morgan fingerprint density at radius 3 is 2.61 bits per heavy atom. The van der Waals surface area contributed by atoms with Crippen LogP contribution in [0, 0.1) is 35.1 Å². The first kappa shape index (κ1) is 20.0. The quantitative estimate of drug-likeness (QED) is 0.176. The lowest BCUT2D eigenvalue weighted by atomic mass is 9.97. The summed E-state index contributed by atoms with van der Waals surface area (Å²) in [5.41, 5.74) is 3.43. The van der Waals surface area contributed by atoms with Crippen LogP contribution in [-0.4, -0.2) is 14.4 Å². The summed E-state index contributed by atoms with van der Waals surface area (Å²) in [5, 5.41) is 0. The van der Waals surface area contributed by atoms with E-state index >= 15 is 0 Å². The van der Waals surface area contributed by atoms with Gasteiger partial charge in [0.15, 0.2) is 0 Å². The molecule has 0 amide bonds. The second kappa shape index (κ2) is 9.93. The smallest absolute Gasteiger partial charge is 0.129 e. The molecule has 0 aromatic heterocycles. The molecule has 1 saturated carbocycles. The largest absolute Gasteiger partial charge is 0.303 e. The molecule has 0 spiro atoms. The van der Waals surface area contributed by atoms with Crippen LogP contribution >= 0.6 is 0 Å². The summed E-state index contributed by atoms with van der Waals surface area (Å²) < 4.78 is 0. The summed E-state index contributed by atoms with van der Waals surface area (Å²) in [7, 11) is -1.22. The van der Waals surface area contributed by atoms with Gasteiger partial charge in [0.1, 0.15) is 14.4 Å². The summed E-state index contributed by atoms with van der Waals surface area (Å²) in [5.74, 6) is 6.22. The van der Waals surface area contributed by atoms with Crippen molar-refractivity contribution < 1.29 is 4.79 Å². The molecule has 1 nitrogen and oxygen atoms in total. The lowest BCUT2D eigenvalue weighted by Gasteiger charge is -2.08. The fourth-order valence-corrected chi connectivity index (χ4v) is 3.49. The van der Waals surface area contributed by atoms with E-state index in [1.165, 1.54) is 12.8 Å². The van der Waals surface area contributed by atoms with Gasteiger partial charge in [-0.2, -0.15) is 0 Å². The SMILES string of the molecule is C[C@@H](/C=C/C=C/[C@@H]1C[C@@H]1[C@@H](C)CCCC=O)CC#C[Si](C)(C)C. The first-order valence-corrected chi connectivity index (χ1v) is 12.6. The maximum atomic E-state index is 10.4. The highest BCUT2D eigenvalue weighted by Crippen LogP contribution is 2.46. The third-order valence-corrected chi connectivity index (χ3v) is 5.33. The van der Waals surface area contributed by atoms with E-state index in [-0.39, 0.29) is 0 Å². The zero-order valence-electron chi connectivity index (χ0n) is 15.6. The molecule has 1 rings (SSSR count). The van der Waals surface area contributed by atoms with E-state index in [1.807, 2.05) is 0 Å². The Balaban J connectivity index is 2.23. The number of aldehydes is 1. The molecule has 0 aromatic carbocycles. The molecule has 0 aromatic rings. The lowest BCUT2D eigenvalue weighted by Crippen LogP contribution is -2.16. The van der Waals surface area contributed by atoms with E-state index in [1.54, 1.807) is 0 Å². The first-order valence-electron chi connectivity index (χ1n) is 9.12. The fraction of sp³-hybridized carbons (Fsp3) is 0.667. The fourth-order valence-electron chi connectivity index (χ4n) is 2.85. The summed E-state index contributed by atoms with van der Waals surface area (Å²) in [6, 6.07) is 0. The highest BCUT2D eigenvalue weighted by atomic mass is 28.3. The van der Waals surface area contributed by atoms with Crippen LogP contribution in [0.1, 0.15) is 46.0 Å². The average molecular weight is 331 g/mol. The highest BCUT2D eigenvalue weighted by molar-refractivity contribution is 6.83. The number of rotatable bonds is 9. The molecule has 0 saturated heterocycles. The molecule has 1 fully saturated rings. The Morgan fingerprint density at radius 1 is 1.22 bits per heavy atom. The maximum absolute atomic E-state index is 10.4. The minimum Gasteiger partial charge on any atom is -0.303 e. The Morgan fingerprint density at radius 2 is 1.96 bits per heavy atom. The van der Waals surface area contributed by atoms with Crippen LogP contribution in [0.5, 0.6) is 0 Å². The van der Waals surface area contributed by atoms with Crippen molar-refractivity contribution in [3.8, 4) is 11.5 Å². The van der Waals surface area contributed by atoms with Crippen LogP contribution in [0.3, 0.4) is 0 Å². The van der Waals surface area contributed by atoms with Crippen molar-refractivity contribution in [2.45, 2.75) is 65.6 Å². The van der Waals surface area contributed by atoms with Gasteiger partial charge in [-0.15, -0.1) is 11.5 Å². The molecule has 2 heteroatoms. The third-order valence-electron chi connectivity index (χ3n) is 4.40. The highest BCUT2D eigenvalue weighted by Gasteiger charge is 2.38. The van der Waals surface area contributed by atoms with Gasteiger partial charge in [-0.05, 0) is 36.5 Å². The molecule has 4 atom stereocenters. The van der Waals surface area contributed by atoms with Gasteiger partial charge in [0.25, 0.3) is 0 Å². The number of carbonyl (C=O) groups is 1. The number of unbranched alkanes of at least 4 members (excludes halogenated alkanes) is 1. The number of carbonyl (C=O) groups excluding carboxylic acids is 1. The van der Waals surface area contributed by atoms with Crippen molar-refractivity contribution in [2.24, 2.45) is 23.7 Å². The Hall–Kier alpha value is -1.07. The predicted octanol–water partition coefficient (Wildman–Crippen LogP) is 5.65. The normalized spacial score (nSPS) is 23.5. The molecule has 23 heavy (non-hydrogen) atoms. The monoisotopic (exact) mass is 330 g/mol. The average Bonchev–Trinajstić information content (AvgIpc) is 3.22. The second-order valence-electron chi connectivity index (χ2n) is 8.14. The van der Waals surface area contributed by atoms with E-state index in [4.69, 9.17) is 0 Å². The third kappa shape index (κ3) is 9.61. The molecule has 0 heterocycles. The van der Waals surface area contributed by atoms with E-state index in [9.17, 15) is 4.79 Å². The second-order valence-corrected chi connectivity index (χ2v) is 12.9. The van der Waals surface area contributed by atoms with Crippen LogP contribution < -0.4 is 0 Å². The summed E-state index contributed by atoms with van der Waals surface area (Å²) in [6.07, 6.45) is 15.3. The van der Waals surface area contributed by atoms with E-state index in [2.05, 4.69) is 69.3 Å². The molecule has 1 aliphatic rings. The lowest BCUT2D eigenvalue weighted by molar-refractivity contribution is -0.108. The van der Waals surface area contributed by atoms with Crippen molar-refractivity contribution in [1.29, 1.82) is 0 Å². The minimum atomic E-state index is -1.22.